The molecular formula is C14H17BrFNOS. The second kappa shape index (κ2) is 5.83. The second-order valence-electron chi connectivity index (χ2n) is 5.27. The zero-order valence-electron chi connectivity index (χ0n) is 11.1. The largest absolute Gasteiger partial charge is 0.338 e. The SMILES string of the molecule is CC1(C)CCN(C(=O)c2cc(Br)ccc2F)CCS1. The Morgan fingerprint density at radius 1 is 1.42 bits per heavy atom. The van der Waals surface area contributed by atoms with E-state index in [-0.39, 0.29) is 16.2 Å². The van der Waals surface area contributed by atoms with Crippen LogP contribution in [0, 0.1) is 5.82 Å². The van der Waals surface area contributed by atoms with E-state index in [2.05, 4.69) is 29.8 Å². The zero-order valence-corrected chi connectivity index (χ0v) is 13.5. The zero-order chi connectivity index (χ0) is 14.0. The van der Waals surface area contributed by atoms with Crippen LogP contribution in [-0.4, -0.2) is 34.4 Å². The lowest BCUT2D eigenvalue weighted by atomic mass is 10.1. The highest BCUT2D eigenvalue weighted by atomic mass is 79.9. The minimum atomic E-state index is -0.454. The Kier molecular flexibility index (Phi) is 4.56. The molecule has 1 saturated heterocycles. The number of carbonyl (C=O) groups is 1. The predicted molar refractivity (Wildman–Crippen MR) is 81.2 cm³/mol. The molecule has 19 heavy (non-hydrogen) atoms. The van der Waals surface area contributed by atoms with Crippen molar-refractivity contribution < 1.29 is 9.18 Å². The van der Waals surface area contributed by atoms with Crippen molar-refractivity contribution in [1.82, 2.24) is 4.90 Å². The molecule has 0 saturated carbocycles. The number of benzene rings is 1. The van der Waals surface area contributed by atoms with E-state index in [1.807, 2.05) is 11.8 Å². The molecule has 1 heterocycles. The lowest BCUT2D eigenvalue weighted by Gasteiger charge is -2.23. The minimum Gasteiger partial charge on any atom is -0.338 e. The van der Waals surface area contributed by atoms with Crippen LogP contribution < -0.4 is 0 Å². The summed E-state index contributed by atoms with van der Waals surface area (Å²) >= 11 is 5.15. The smallest absolute Gasteiger partial charge is 0.256 e. The predicted octanol–water partition coefficient (Wildman–Crippen LogP) is 3.95. The lowest BCUT2D eigenvalue weighted by molar-refractivity contribution is 0.0760. The van der Waals surface area contributed by atoms with E-state index in [4.69, 9.17) is 0 Å². The fourth-order valence-electron chi connectivity index (χ4n) is 2.06. The normalized spacial score (nSPS) is 19.1. The Hall–Kier alpha value is -0.550. The van der Waals surface area contributed by atoms with Gasteiger partial charge in [0.15, 0.2) is 0 Å². The summed E-state index contributed by atoms with van der Waals surface area (Å²) in [5.74, 6) is 0.232. The van der Waals surface area contributed by atoms with Crippen molar-refractivity contribution in [3.05, 3.63) is 34.1 Å². The van der Waals surface area contributed by atoms with Crippen LogP contribution in [0.5, 0.6) is 0 Å². The van der Waals surface area contributed by atoms with Crippen molar-refractivity contribution in [2.45, 2.75) is 25.0 Å². The molecule has 1 amide bonds. The maximum absolute atomic E-state index is 13.8. The van der Waals surface area contributed by atoms with Gasteiger partial charge in [-0.1, -0.05) is 29.8 Å². The topological polar surface area (TPSA) is 20.3 Å². The van der Waals surface area contributed by atoms with Gasteiger partial charge in [-0.2, -0.15) is 11.8 Å². The highest BCUT2D eigenvalue weighted by Crippen LogP contribution is 2.31. The Balaban J connectivity index is 2.17. The first-order chi connectivity index (χ1) is 8.89. The minimum absolute atomic E-state index is 0.152. The van der Waals surface area contributed by atoms with Crippen LogP contribution in [-0.2, 0) is 0 Å². The number of carbonyl (C=O) groups excluding carboxylic acids is 1. The third-order valence-electron chi connectivity index (χ3n) is 3.28. The maximum atomic E-state index is 13.8. The number of hydrogen-bond donors (Lipinski definition) is 0. The number of nitrogens with zero attached hydrogens (tertiary/aromatic N) is 1. The molecule has 1 aliphatic heterocycles. The summed E-state index contributed by atoms with van der Waals surface area (Å²) in [6, 6.07) is 4.49. The molecule has 0 radical (unpaired) electrons. The van der Waals surface area contributed by atoms with E-state index >= 15 is 0 Å². The fraction of sp³-hybridized carbons (Fsp3) is 0.500. The summed E-state index contributed by atoms with van der Waals surface area (Å²) in [6.45, 7) is 5.74. The first-order valence-electron chi connectivity index (χ1n) is 6.27. The quantitative estimate of drug-likeness (QED) is 0.768. The molecule has 1 aliphatic rings. The molecule has 104 valence electrons. The van der Waals surface area contributed by atoms with E-state index in [9.17, 15) is 9.18 Å². The summed E-state index contributed by atoms with van der Waals surface area (Å²) in [5.41, 5.74) is 0.152. The molecule has 2 nitrogen and oxygen atoms in total. The van der Waals surface area contributed by atoms with Gasteiger partial charge in [-0.25, -0.2) is 4.39 Å². The van der Waals surface area contributed by atoms with Crippen LogP contribution in [0.1, 0.15) is 30.6 Å². The van der Waals surface area contributed by atoms with E-state index in [0.29, 0.717) is 13.1 Å². The molecule has 1 aromatic rings. The van der Waals surface area contributed by atoms with Crippen LogP contribution in [0.3, 0.4) is 0 Å². The third kappa shape index (κ3) is 3.72. The molecule has 1 fully saturated rings. The molecule has 0 aromatic heterocycles. The Bertz CT molecular complexity index is 492. The van der Waals surface area contributed by atoms with Crippen molar-refractivity contribution in [3.63, 3.8) is 0 Å². The van der Waals surface area contributed by atoms with Crippen molar-refractivity contribution >= 4 is 33.6 Å². The maximum Gasteiger partial charge on any atom is 0.256 e. The number of rotatable bonds is 1. The summed E-state index contributed by atoms with van der Waals surface area (Å²) in [6.07, 6.45) is 0.930. The van der Waals surface area contributed by atoms with Gasteiger partial charge in [0.05, 0.1) is 5.56 Å². The monoisotopic (exact) mass is 345 g/mol. The van der Waals surface area contributed by atoms with Crippen molar-refractivity contribution in [1.29, 1.82) is 0 Å². The number of hydrogen-bond acceptors (Lipinski definition) is 2. The number of halogens is 2. The van der Waals surface area contributed by atoms with Gasteiger partial charge < -0.3 is 4.90 Å². The van der Waals surface area contributed by atoms with Gasteiger partial charge in [-0.05, 0) is 24.6 Å². The molecular weight excluding hydrogens is 329 g/mol. The van der Waals surface area contributed by atoms with Gasteiger partial charge in [0.2, 0.25) is 0 Å². The third-order valence-corrected chi connectivity index (χ3v) is 5.15. The molecule has 0 aliphatic carbocycles. The second-order valence-corrected chi connectivity index (χ2v) is 7.99. The van der Waals surface area contributed by atoms with Gasteiger partial charge in [0.25, 0.3) is 5.91 Å². The van der Waals surface area contributed by atoms with Gasteiger partial charge in [-0.3, -0.25) is 4.79 Å². The van der Waals surface area contributed by atoms with Gasteiger partial charge in [0, 0.05) is 28.1 Å². The first-order valence-corrected chi connectivity index (χ1v) is 8.05. The van der Waals surface area contributed by atoms with Gasteiger partial charge in [0.1, 0.15) is 5.82 Å². The van der Waals surface area contributed by atoms with Crippen LogP contribution in [0.2, 0.25) is 0 Å². The van der Waals surface area contributed by atoms with Crippen molar-refractivity contribution in [3.8, 4) is 0 Å². The first kappa shape index (κ1) is 14.9. The molecule has 0 spiro atoms. The molecule has 0 unspecified atom stereocenters. The van der Waals surface area contributed by atoms with Crippen LogP contribution in [0.4, 0.5) is 4.39 Å². The number of amides is 1. The Labute approximate surface area is 125 Å². The highest BCUT2D eigenvalue weighted by Gasteiger charge is 2.27. The molecule has 0 atom stereocenters. The number of thioether (sulfide) groups is 1. The Morgan fingerprint density at radius 2 is 2.16 bits per heavy atom. The average molecular weight is 346 g/mol. The summed E-state index contributed by atoms with van der Waals surface area (Å²) in [4.78, 5) is 14.1. The molecule has 2 rings (SSSR count). The molecule has 0 bridgehead atoms. The lowest BCUT2D eigenvalue weighted by Crippen LogP contribution is -2.34. The van der Waals surface area contributed by atoms with Crippen LogP contribution in [0.25, 0.3) is 0 Å². The van der Waals surface area contributed by atoms with E-state index in [1.165, 1.54) is 6.07 Å². The average Bonchev–Trinajstić information content (AvgIpc) is 2.52. The van der Waals surface area contributed by atoms with Gasteiger partial charge in [-0.15, -0.1) is 0 Å². The van der Waals surface area contributed by atoms with E-state index < -0.39 is 5.82 Å². The summed E-state index contributed by atoms with van der Waals surface area (Å²) < 4.78 is 14.7. The fourth-order valence-corrected chi connectivity index (χ4v) is 3.52. The van der Waals surface area contributed by atoms with E-state index in [0.717, 1.165) is 16.6 Å². The van der Waals surface area contributed by atoms with Gasteiger partial charge >= 0.3 is 0 Å². The standard InChI is InChI=1S/C14H17BrFNOS/c1-14(2)5-6-17(7-8-19-14)13(18)11-9-10(15)3-4-12(11)16/h3-4,9H,5-8H2,1-2H3. The molecule has 0 N–H and O–H groups in total. The molecule has 1 aromatic carbocycles. The summed E-state index contributed by atoms with van der Waals surface area (Å²) in [7, 11) is 0. The van der Waals surface area contributed by atoms with Crippen molar-refractivity contribution in [2.24, 2.45) is 0 Å². The molecule has 5 heteroatoms. The summed E-state index contributed by atoms with van der Waals surface area (Å²) in [5, 5.41) is 0. The Morgan fingerprint density at radius 3 is 2.89 bits per heavy atom. The van der Waals surface area contributed by atoms with Crippen molar-refractivity contribution in [2.75, 3.05) is 18.8 Å². The van der Waals surface area contributed by atoms with Crippen LogP contribution in [0.15, 0.2) is 22.7 Å². The van der Waals surface area contributed by atoms with Crippen LogP contribution >= 0.6 is 27.7 Å². The van der Waals surface area contributed by atoms with E-state index in [1.54, 1.807) is 17.0 Å². The highest BCUT2D eigenvalue weighted by molar-refractivity contribution is 9.10.